The summed E-state index contributed by atoms with van der Waals surface area (Å²) in [6.07, 6.45) is 0. The van der Waals surface area contributed by atoms with E-state index in [0.717, 1.165) is 22.9 Å². The lowest BCUT2D eigenvalue weighted by atomic mass is 10.0. The van der Waals surface area contributed by atoms with Crippen LogP contribution in [0.25, 0.3) is 11.1 Å². The number of benzene rings is 2. The Hall–Kier alpha value is -2.13. The average molecular weight is 294 g/mol. The third-order valence-electron chi connectivity index (χ3n) is 3.51. The van der Waals surface area contributed by atoms with E-state index in [0.29, 0.717) is 0 Å². The molecule has 0 radical (unpaired) electrons. The molecule has 0 aliphatic rings. The summed E-state index contributed by atoms with van der Waals surface area (Å²) < 4.78 is 0. The van der Waals surface area contributed by atoms with Crippen LogP contribution in [0.15, 0.2) is 54.6 Å². The van der Waals surface area contributed by atoms with Crippen molar-refractivity contribution in [3.8, 4) is 11.1 Å². The number of aryl methyl sites for hydroxylation is 2. The smallest absolute Gasteiger partial charge is 0.112 e. The molecule has 0 spiro atoms. The van der Waals surface area contributed by atoms with Crippen molar-refractivity contribution in [2.24, 2.45) is 0 Å². The topological polar surface area (TPSA) is 24.9 Å². The molecule has 0 atom stereocenters. The van der Waals surface area contributed by atoms with Gasteiger partial charge in [0, 0.05) is 16.1 Å². The summed E-state index contributed by atoms with van der Waals surface area (Å²) in [4.78, 5) is 5.88. The van der Waals surface area contributed by atoms with Crippen molar-refractivity contribution in [2.45, 2.75) is 20.4 Å². The first-order chi connectivity index (χ1) is 10.2. The van der Waals surface area contributed by atoms with Crippen molar-refractivity contribution >= 4 is 17.0 Å². The number of nitrogens with zero attached hydrogens (tertiary/aromatic N) is 1. The second-order valence-electron chi connectivity index (χ2n) is 5.01. The summed E-state index contributed by atoms with van der Waals surface area (Å²) >= 11 is 1.76. The van der Waals surface area contributed by atoms with Crippen molar-refractivity contribution < 1.29 is 0 Å². The Bertz CT molecular complexity index is 712. The van der Waals surface area contributed by atoms with E-state index >= 15 is 0 Å². The third-order valence-corrected chi connectivity index (χ3v) is 4.59. The van der Waals surface area contributed by atoms with E-state index in [1.165, 1.54) is 16.0 Å². The van der Waals surface area contributed by atoms with Gasteiger partial charge in [0.05, 0.1) is 12.2 Å². The normalized spacial score (nSPS) is 10.6. The van der Waals surface area contributed by atoms with Gasteiger partial charge < -0.3 is 5.32 Å². The fourth-order valence-electron chi connectivity index (χ4n) is 2.29. The lowest BCUT2D eigenvalue weighted by molar-refractivity contribution is 1.07. The number of nitrogens with one attached hydrogen (secondary N) is 1. The molecule has 0 saturated heterocycles. The molecule has 3 heteroatoms. The van der Waals surface area contributed by atoms with Crippen molar-refractivity contribution in [1.82, 2.24) is 4.98 Å². The first-order valence-electron chi connectivity index (χ1n) is 7.05. The predicted molar refractivity (Wildman–Crippen MR) is 90.8 cm³/mol. The van der Waals surface area contributed by atoms with Gasteiger partial charge >= 0.3 is 0 Å². The minimum Gasteiger partial charge on any atom is -0.378 e. The van der Waals surface area contributed by atoms with Crippen LogP contribution in [0.1, 0.15) is 15.6 Å². The van der Waals surface area contributed by atoms with Gasteiger partial charge in [-0.3, -0.25) is 0 Å². The molecule has 2 aromatic carbocycles. The molecule has 106 valence electrons. The number of rotatable bonds is 4. The van der Waals surface area contributed by atoms with Gasteiger partial charge in [0.1, 0.15) is 5.01 Å². The van der Waals surface area contributed by atoms with Gasteiger partial charge in [-0.05, 0) is 25.5 Å². The molecule has 21 heavy (non-hydrogen) atoms. The fraction of sp³-hybridized carbons (Fsp3) is 0.167. The average Bonchev–Trinajstić information content (AvgIpc) is 2.85. The zero-order valence-electron chi connectivity index (χ0n) is 12.3. The number of hydrogen-bond donors (Lipinski definition) is 1. The van der Waals surface area contributed by atoms with Gasteiger partial charge in [0.2, 0.25) is 0 Å². The molecular formula is C18H18N2S. The van der Waals surface area contributed by atoms with Crippen molar-refractivity contribution in [1.29, 1.82) is 0 Å². The Morgan fingerprint density at radius 2 is 1.67 bits per heavy atom. The van der Waals surface area contributed by atoms with E-state index in [1.807, 2.05) is 6.07 Å². The predicted octanol–water partition coefficient (Wildman–Crippen LogP) is 5.04. The Morgan fingerprint density at radius 3 is 2.38 bits per heavy atom. The fourth-order valence-corrected chi connectivity index (χ4v) is 3.17. The standard InChI is InChI=1S/C18H18N2S/c1-13-14(2)21-18(20-13)12-19-17-11-7-6-10-16(17)15-8-4-3-5-9-15/h3-11,19H,12H2,1-2H3. The summed E-state index contributed by atoms with van der Waals surface area (Å²) in [7, 11) is 0. The SMILES string of the molecule is Cc1nc(CNc2ccccc2-c2ccccc2)sc1C. The van der Waals surface area contributed by atoms with E-state index in [-0.39, 0.29) is 0 Å². The van der Waals surface area contributed by atoms with E-state index < -0.39 is 0 Å². The third kappa shape index (κ3) is 3.14. The van der Waals surface area contributed by atoms with Crippen LogP contribution in [-0.2, 0) is 6.54 Å². The highest BCUT2D eigenvalue weighted by molar-refractivity contribution is 7.11. The molecule has 0 fully saturated rings. The molecule has 3 aromatic rings. The van der Waals surface area contributed by atoms with Crippen LogP contribution in [0.2, 0.25) is 0 Å². The number of aromatic nitrogens is 1. The monoisotopic (exact) mass is 294 g/mol. The quantitative estimate of drug-likeness (QED) is 0.729. The van der Waals surface area contributed by atoms with E-state index in [2.05, 4.69) is 72.7 Å². The Kier molecular flexibility index (Phi) is 4.02. The summed E-state index contributed by atoms with van der Waals surface area (Å²) in [5.74, 6) is 0. The maximum atomic E-state index is 4.58. The molecule has 1 aromatic heterocycles. The molecule has 0 aliphatic heterocycles. The second kappa shape index (κ2) is 6.10. The van der Waals surface area contributed by atoms with Crippen LogP contribution >= 0.6 is 11.3 Å². The van der Waals surface area contributed by atoms with Crippen LogP contribution in [0.4, 0.5) is 5.69 Å². The zero-order valence-corrected chi connectivity index (χ0v) is 13.1. The first kappa shape index (κ1) is 13.8. The molecule has 1 heterocycles. The van der Waals surface area contributed by atoms with Crippen LogP contribution < -0.4 is 5.32 Å². The second-order valence-corrected chi connectivity index (χ2v) is 6.30. The largest absolute Gasteiger partial charge is 0.378 e. The Balaban J connectivity index is 1.83. The molecular weight excluding hydrogens is 276 g/mol. The zero-order chi connectivity index (χ0) is 14.7. The maximum Gasteiger partial charge on any atom is 0.112 e. The lowest BCUT2D eigenvalue weighted by Crippen LogP contribution is -2.00. The number of hydrogen-bond acceptors (Lipinski definition) is 3. The van der Waals surface area contributed by atoms with Gasteiger partial charge in [-0.1, -0.05) is 48.5 Å². The summed E-state index contributed by atoms with van der Waals surface area (Å²) in [6.45, 7) is 4.95. The van der Waals surface area contributed by atoms with Crippen LogP contribution in [0.3, 0.4) is 0 Å². The minimum atomic E-state index is 0.767. The molecule has 0 saturated carbocycles. The van der Waals surface area contributed by atoms with E-state index in [1.54, 1.807) is 11.3 Å². The molecule has 0 bridgehead atoms. The van der Waals surface area contributed by atoms with Crippen molar-refractivity contribution in [2.75, 3.05) is 5.32 Å². The highest BCUT2D eigenvalue weighted by Crippen LogP contribution is 2.28. The summed E-state index contributed by atoms with van der Waals surface area (Å²) in [5.41, 5.74) is 4.73. The number of thiazole rings is 1. The lowest BCUT2D eigenvalue weighted by Gasteiger charge is -2.11. The van der Waals surface area contributed by atoms with Crippen molar-refractivity contribution in [3.63, 3.8) is 0 Å². The molecule has 0 unspecified atom stereocenters. The molecule has 0 aliphatic carbocycles. The van der Waals surface area contributed by atoms with Gasteiger partial charge in [-0.15, -0.1) is 11.3 Å². The van der Waals surface area contributed by atoms with E-state index in [9.17, 15) is 0 Å². The van der Waals surface area contributed by atoms with Gasteiger partial charge in [0.25, 0.3) is 0 Å². The van der Waals surface area contributed by atoms with Crippen molar-refractivity contribution in [3.05, 3.63) is 70.2 Å². The Morgan fingerprint density at radius 1 is 0.952 bits per heavy atom. The minimum absolute atomic E-state index is 0.767. The van der Waals surface area contributed by atoms with Crippen LogP contribution in [0, 0.1) is 13.8 Å². The number of anilines is 1. The summed E-state index contributed by atoms with van der Waals surface area (Å²) in [6, 6.07) is 18.9. The highest BCUT2D eigenvalue weighted by atomic mass is 32.1. The number of para-hydroxylation sites is 1. The van der Waals surface area contributed by atoms with Gasteiger partial charge in [-0.25, -0.2) is 4.98 Å². The molecule has 0 amide bonds. The molecule has 2 nitrogen and oxygen atoms in total. The molecule has 3 rings (SSSR count). The maximum absolute atomic E-state index is 4.58. The first-order valence-corrected chi connectivity index (χ1v) is 7.87. The van der Waals surface area contributed by atoms with Gasteiger partial charge in [0.15, 0.2) is 0 Å². The molecule has 1 N–H and O–H groups in total. The highest BCUT2D eigenvalue weighted by Gasteiger charge is 2.06. The Labute approximate surface area is 129 Å². The summed E-state index contributed by atoms with van der Waals surface area (Å²) in [5, 5.41) is 4.65. The van der Waals surface area contributed by atoms with Crippen LogP contribution in [-0.4, -0.2) is 4.98 Å². The van der Waals surface area contributed by atoms with Gasteiger partial charge in [-0.2, -0.15) is 0 Å². The van der Waals surface area contributed by atoms with E-state index in [4.69, 9.17) is 0 Å². The van der Waals surface area contributed by atoms with Crippen LogP contribution in [0.5, 0.6) is 0 Å².